The Hall–Kier alpha value is -3.94. The summed E-state index contributed by atoms with van der Waals surface area (Å²) < 4.78 is 11.7. The van der Waals surface area contributed by atoms with Crippen molar-refractivity contribution in [2.24, 2.45) is 0 Å². The van der Waals surface area contributed by atoms with Crippen molar-refractivity contribution in [1.29, 1.82) is 0 Å². The number of anilines is 1. The van der Waals surface area contributed by atoms with Crippen molar-refractivity contribution in [3.63, 3.8) is 0 Å². The third-order valence-electron chi connectivity index (χ3n) is 4.65. The molecule has 8 nitrogen and oxygen atoms in total. The highest BCUT2D eigenvalue weighted by atomic mass is 16.5. The topological polar surface area (TPSA) is 98.7 Å². The minimum atomic E-state index is -0.439. The molecule has 0 atom stereocenters. The van der Waals surface area contributed by atoms with Gasteiger partial charge in [0.15, 0.2) is 11.5 Å². The van der Waals surface area contributed by atoms with Crippen molar-refractivity contribution >= 4 is 23.8 Å². The number of hydrogen-bond donors (Lipinski definition) is 1. The summed E-state index contributed by atoms with van der Waals surface area (Å²) in [4.78, 5) is 28.1. The first-order valence-corrected chi connectivity index (χ1v) is 9.30. The number of aromatic nitrogens is 3. The minimum Gasteiger partial charge on any atom is -0.472 e. The van der Waals surface area contributed by atoms with Gasteiger partial charge >= 0.3 is 0 Å². The molecule has 0 saturated heterocycles. The second-order valence-electron chi connectivity index (χ2n) is 7.79. The van der Waals surface area contributed by atoms with Gasteiger partial charge in [-0.2, -0.15) is 5.10 Å². The van der Waals surface area contributed by atoms with E-state index in [4.69, 9.17) is 9.15 Å². The number of nitrogens with zero attached hydrogens (tertiary/aromatic N) is 3. The highest BCUT2D eigenvalue weighted by Crippen LogP contribution is 2.29. The van der Waals surface area contributed by atoms with Gasteiger partial charge in [0.2, 0.25) is 0 Å². The summed E-state index contributed by atoms with van der Waals surface area (Å²) in [5, 5.41) is 7.21. The Morgan fingerprint density at radius 1 is 1.20 bits per heavy atom. The van der Waals surface area contributed by atoms with Crippen LogP contribution in [0.3, 0.4) is 0 Å². The van der Waals surface area contributed by atoms with E-state index in [1.165, 1.54) is 0 Å². The predicted octanol–water partition coefficient (Wildman–Crippen LogP) is 4.07. The van der Waals surface area contributed by atoms with Crippen LogP contribution in [0.2, 0.25) is 0 Å². The lowest BCUT2D eigenvalue weighted by Crippen LogP contribution is -2.16. The SMILES string of the molecule is CC(C)(C)c1ccc(C(=O)Nc2cn3nc(-c4ccoc4)ccc3n2)c(OC=O)c1. The number of imidazole rings is 1. The maximum absolute atomic E-state index is 12.8. The number of carbonyl (C=O) groups excluding carboxylic acids is 2. The van der Waals surface area contributed by atoms with Crippen molar-refractivity contribution in [3.05, 3.63) is 66.2 Å². The number of nitrogens with one attached hydrogen (secondary N) is 1. The molecule has 1 aromatic carbocycles. The Balaban J connectivity index is 1.62. The third-order valence-corrected chi connectivity index (χ3v) is 4.65. The number of amides is 1. The van der Waals surface area contributed by atoms with Gasteiger partial charge in [0.1, 0.15) is 5.75 Å². The summed E-state index contributed by atoms with van der Waals surface area (Å²) in [6.45, 7) is 6.42. The van der Waals surface area contributed by atoms with E-state index in [-0.39, 0.29) is 16.7 Å². The molecule has 8 heteroatoms. The van der Waals surface area contributed by atoms with Crippen molar-refractivity contribution in [3.8, 4) is 17.0 Å². The maximum Gasteiger partial charge on any atom is 0.298 e. The van der Waals surface area contributed by atoms with Gasteiger partial charge in [0, 0.05) is 5.56 Å². The van der Waals surface area contributed by atoms with Crippen LogP contribution in [0.5, 0.6) is 5.75 Å². The first-order valence-electron chi connectivity index (χ1n) is 9.30. The minimum absolute atomic E-state index is 0.157. The normalized spacial score (nSPS) is 11.4. The van der Waals surface area contributed by atoms with E-state index >= 15 is 0 Å². The third kappa shape index (κ3) is 3.80. The molecule has 0 aliphatic heterocycles. The second-order valence-corrected chi connectivity index (χ2v) is 7.79. The number of furan rings is 1. The largest absolute Gasteiger partial charge is 0.472 e. The monoisotopic (exact) mass is 404 g/mol. The summed E-state index contributed by atoms with van der Waals surface area (Å²) in [6, 6.07) is 10.6. The van der Waals surface area contributed by atoms with E-state index in [0.29, 0.717) is 23.6 Å². The molecule has 152 valence electrons. The molecule has 0 bridgehead atoms. The fourth-order valence-corrected chi connectivity index (χ4v) is 3.02. The molecule has 0 aliphatic carbocycles. The predicted molar refractivity (Wildman–Crippen MR) is 110 cm³/mol. The van der Waals surface area contributed by atoms with Gasteiger partial charge < -0.3 is 14.5 Å². The number of rotatable bonds is 5. The second kappa shape index (κ2) is 7.47. The fraction of sp³-hybridized carbons (Fsp3) is 0.182. The van der Waals surface area contributed by atoms with Crippen LogP contribution in [0.1, 0.15) is 36.7 Å². The first-order chi connectivity index (χ1) is 14.3. The molecule has 3 aromatic heterocycles. The van der Waals surface area contributed by atoms with Gasteiger partial charge in [0.05, 0.1) is 30.0 Å². The van der Waals surface area contributed by atoms with Crippen LogP contribution >= 0.6 is 0 Å². The smallest absolute Gasteiger partial charge is 0.298 e. The number of fused-ring (bicyclic) bond motifs is 1. The maximum atomic E-state index is 12.8. The molecule has 30 heavy (non-hydrogen) atoms. The average Bonchev–Trinajstić information content (AvgIpc) is 3.36. The van der Waals surface area contributed by atoms with Crippen molar-refractivity contribution in [2.75, 3.05) is 5.32 Å². The van der Waals surface area contributed by atoms with Crippen LogP contribution in [0.15, 0.2) is 59.5 Å². The van der Waals surface area contributed by atoms with Gasteiger partial charge in [-0.3, -0.25) is 9.59 Å². The molecule has 4 rings (SSSR count). The zero-order valence-electron chi connectivity index (χ0n) is 16.7. The van der Waals surface area contributed by atoms with Gasteiger partial charge in [-0.15, -0.1) is 0 Å². The Morgan fingerprint density at radius 3 is 2.73 bits per heavy atom. The van der Waals surface area contributed by atoms with Gasteiger partial charge in [-0.1, -0.05) is 26.8 Å². The summed E-state index contributed by atoms with van der Waals surface area (Å²) >= 11 is 0. The highest BCUT2D eigenvalue weighted by molar-refractivity contribution is 6.06. The number of carbonyl (C=O) groups is 2. The zero-order valence-corrected chi connectivity index (χ0v) is 16.7. The molecule has 3 heterocycles. The molecular weight excluding hydrogens is 384 g/mol. The molecular formula is C22H20N4O4. The summed E-state index contributed by atoms with van der Waals surface area (Å²) in [5.74, 6) is 0.0821. The summed E-state index contributed by atoms with van der Waals surface area (Å²) in [5.41, 5.74) is 3.15. The standard InChI is InChI=1S/C22H20N4O4/c1-22(2,3)15-4-5-16(18(10-15)30-13-27)21(28)24-19-11-26-20(23-19)7-6-17(25-26)14-8-9-29-12-14/h4-13H,1-3H3,(H,24,28). The lowest BCUT2D eigenvalue weighted by Gasteiger charge is -2.20. The van der Waals surface area contributed by atoms with Crippen molar-refractivity contribution in [2.45, 2.75) is 26.2 Å². The lowest BCUT2D eigenvalue weighted by molar-refractivity contribution is -0.120. The lowest BCUT2D eigenvalue weighted by atomic mass is 9.86. The molecule has 1 N–H and O–H groups in total. The van der Waals surface area contributed by atoms with Gasteiger partial charge in [0.25, 0.3) is 12.4 Å². The average molecular weight is 404 g/mol. The molecule has 1 amide bonds. The Kier molecular flexibility index (Phi) is 4.83. The summed E-state index contributed by atoms with van der Waals surface area (Å²) in [6.07, 6.45) is 4.79. The number of hydrogen-bond acceptors (Lipinski definition) is 6. The fourth-order valence-electron chi connectivity index (χ4n) is 3.02. The van der Waals surface area contributed by atoms with Crippen LogP contribution < -0.4 is 10.1 Å². The zero-order chi connectivity index (χ0) is 21.3. The Morgan fingerprint density at radius 2 is 2.03 bits per heavy atom. The van der Waals surface area contributed by atoms with E-state index in [2.05, 4.69) is 15.4 Å². The molecule has 0 fully saturated rings. The van der Waals surface area contributed by atoms with Crippen molar-refractivity contribution in [1.82, 2.24) is 14.6 Å². The van der Waals surface area contributed by atoms with E-state index in [0.717, 1.165) is 11.1 Å². The van der Waals surface area contributed by atoms with Crippen LogP contribution in [0, 0.1) is 0 Å². The van der Waals surface area contributed by atoms with E-state index in [1.807, 2.05) is 39.0 Å². The van der Waals surface area contributed by atoms with E-state index in [1.54, 1.807) is 41.4 Å². The van der Waals surface area contributed by atoms with Crippen LogP contribution in [-0.4, -0.2) is 27.0 Å². The van der Waals surface area contributed by atoms with E-state index in [9.17, 15) is 9.59 Å². The molecule has 0 spiro atoms. The molecule has 0 radical (unpaired) electrons. The molecule has 0 unspecified atom stereocenters. The van der Waals surface area contributed by atoms with Crippen LogP contribution in [0.4, 0.5) is 5.82 Å². The quantitative estimate of drug-likeness (QED) is 0.503. The number of benzene rings is 1. The summed E-state index contributed by atoms with van der Waals surface area (Å²) in [7, 11) is 0. The number of ether oxygens (including phenoxy) is 1. The van der Waals surface area contributed by atoms with Crippen LogP contribution in [-0.2, 0) is 10.2 Å². The van der Waals surface area contributed by atoms with Crippen LogP contribution in [0.25, 0.3) is 16.9 Å². The molecule has 4 aromatic rings. The Bertz CT molecular complexity index is 1220. The molecule has 0 aliphatic rings. The first kappa shape index (κ1) is 19.4. The Labute approximate surface area is 172 Å². The highest BCUT2D eigenvalue weighted by Gasteiger charge is 2.20. The van der Waals surface area contributed by atoms with Gasteiger partial charge in [-0.25, -0.2) is 9.50 Å². The van der Waals surface area contributed by atoms with Crippen molar-refractivity contribution < 1.29 is 18.7 Å². The van der Waals surface area contributed by atoms with Gasteiger partial charge in [-0.05, 0) is 41.3 Å². The van der Waals surface area contributed by atoms with E-state index < -0.39 is 5.91 Å². The molecule has 0 saturated carbocycles.